The average molecular weight is 979 g/mol. The monoisotopic (exact) mass is 979 g/mol. The molecule has 1 spiro atoms. The van der Waals surface area contributed by atoms with Gasteiger partial charge in [-0.05, 0) is 121 Å². The van der Waals surface area contributed by atoms with Crippen molar-refractivity contribution in [1.82, 2.24) is 9.80 Å². The van der Waals surface area contributed by atoms with Crippen LogP contribution in [0.4, 0.5) is 32.3 Å². The number of nitrogens with zero attached hydrogens (tertiary/aromatic N) is 4. The summed E-state index contributed by atoms with van der Waals surface area (Å²) in [4.78, 5) is 101. The third-order valence-electron chi connectivity index (χ3n) is 15.7. The van der Waals surface area contributed by atoms with E-state index < -0.39 is 58.9 Å². The van der Waals surface area contributed by atoms with E-state index in [0.717, 1.165) is 68.9 Å². The number of para-hydroxylation sites is 2. The fourth-order valence-corrected chi connectivity index (χ4v) is 11.5. The van der Waals surface area contributed by atoms with Crippen molar-refractivity contribution in [2.75, 3.05) is 20.4 Å². The van der Waals surface area contributed by atoms with E-state index in [1.165, 1.54) is 9.80 Å². The van der Waals surface area contributed by atoms with Crippen molar-refractivity contribution in [2.45, 2.75) is 194 Å². The zero-order valence-corrected chi connectivity index (χ0v) is 44.9. The zero-order valence-electron chi connectivity index (χ0n) is 44.9. The topological polar surface area (TPSA) is 139 Å². The molecule has 12 nitrogen and oxygen atoms in total. The number of carbonyl (C=O) groups excluding carboxylic acids is 6. The van der Waals surface area contributed by atoms with Crippen molar-refractivity contribution < 1.29 is 28.8 Å². The molecular formula is C60H78N6O6. The molecule has 384 valence electrons. The lowest BCUT2D eigenvalue weighted by Crippen LogP contribution is -2.65. The zero-order chi connectivity index (χ0) is 52.4. The van der Waals surface area contributed by atoms with Crippen LogP contribution in [-0.2, 0) is 25.6 Å². The summed E-state index contributed by atoms with van der Waals surface area (Å²) in [6.45, 7) is 23.8. The van der Waals surface area contributed by atoms with E-state index in [-0.39, 0.29) is 36.5 Å². The number of aryl methyl sites for hydroxylation is 2. The molecule has 2 atom stereocenters. The molecule has 2 aliphatic heterocycles. The third kappa shape index (κ3) is 9.58. The maximum atomic E-state index is 16.3. The van der Waals surface area contributed by atoms with Gasteiger partial charge in [-0.2, -0.15) is 0 Å². The number of nitrogens with one attached hydrogen (secondary N) is 2. The molecule has 72 heavy (non-hydrogen) atoms. The van der Waals surface area contributed by atoms with Gasteiger partial charge in [0.15, 0.2) is 12.1 Å². The summed E-state index contributed by atoms with van der Waals surface area (Å²) < 4.78 is 0. The molecule has 12 heteroatoms. The minimum Gasteiger partial charge on any atom is -0.324 e. The van der Waals surface area contributed by atoms with Crippen molar-refractivity contribution in [3.8, 4) is 0 Å². The second-order valence-corrected chi connectivity index (χ2v) is 21.6. The van der Waals surface area contributed by atoms with Crippen LogP contribution >= 0.6 is 0 Å². The summed E-state index contributed by atoms with van der Waals surface area (Å²) in [5.41, 5.74) is 4.28. The van der Waals surface area contributed by atoms with E-state index in [9.17, 15) is 0 Å². The molecular weight excluding hydrogens is 901 g/mol. The number of amides is 8. The molecule has 3 aliphatic rings. The van der Waals surface area contributed by atoms with Crippen LogP contribution in [0.15, 0.2) is 84.9 Å². The Hall–Kier alpha value is -6.30. The van der Waals surface area contributed by atoms with Gasteiger partial charge in [0, 0.05) is 22.7 Å². The first-order chi connectivity index (χ1) is 34.3. The van der Waals surface area contributed by atoms with E-state index in [1.54, 1.807) is 12.1 Å². The quantitative estimate of drug-likeness (QED) is 0.0952. The van der Waals surface area contributed by atoms with Gasteiger partial charge in [0.1, 0.15) is 11.1 Å². The van der Waals surface area contributed by atoms with Crippen molar-refractivity contribution in [3.63, 3.8) is 0 Å². The molecule has 0 radical (unpaired) electrons. The van der Waals surface area contributed by atoms with Gasteiger partial charge in [-0.15, -0.1) is 0 Å². The molecule has 0 aromatic heterocycles. The largest absolute Gasteiger partial charge is 0.333 e. The summed E-state index contributed by atoms with van der Waals surface area (Å²) in [5.74, 6) is -3.39. The highest BCUT2D eigenvalue weighted by Crippen LogP contribution is 2.47. The van der Waals surface area contributed by atoms with E-state index in [4.69, 9.17) is 0 Å². The minimum atomic E-state index is -2.04. The van der Waals surface area contributed by atoms with Gasteiger partial charge in [0.2, 0.25) is 11.8 Å². The number of carbonyl (C=O) groups is 6. The summed E-state index contributed by atoms with van der Waals surface area (Å²) >= 11 is 0. The molecule has 3 fully saturated rings. The first-order valence-electron chi connectivity index (χ1n) is 26.7. The number of unbranched alkanes of at least 4 members (excludes halogenated alkanes) is 1. The smallest absolute Gasteiger partial charge is 0.324 e. The minimum absolute atomic E-state index is 0.0746. The van der Waals surface area contributed by atoms with Crippen LogP contribution in [0.3, 0.4) is 0 Å². The Bertz CT molecular complexity index is 2610. The number of urea groups is 2. The van der Waals surface area contributed by atoms with Crippen molar-refractivity contribution >= 4 is 58.4 Å². The van der Waals surface area contributed by atoms with Gasteiger partial charge in [0.25, 0.3) is 11.8 Å². The molecule has 4 aromatic carbocycles. The van der Waals surface area contributed by atoms with Gasteiger partial charge in [-0.25, -0.2) is 19.4 Å². The van der Waals surface area contributed by atoms with Crippen LogP contribution in [0.5, 0.6) is 0 Å². The molecule has 8 amide bonds. The fraction of sp³-hybridized carbons (Fsp3) is 0.500. The second kappa shape index (κ2) is 21.8. The molecule has 7 rings (SSSR count). The highest BCUT2D eigenvalue weighted by molar-refractivity contribution is 6.23. The van der Waals surface area contributed by atoms with Crippen molar-refractivity contribution in [1.29, 1.82) is 0 Å². The molecule has 1 saturated carbocycles. The maximum Gasteiger partial charge on any atom is 0.333 e. The van der Waals surface area contributed by atoms with Crippen LogP contribution in [0.2, 0.25) is 0 Å². The van der Waals surface area contributed by atoms with Crippen LogP contribution < -0.4 is 20.4 Å². The Morgan fingerprint density at radius 2 is 0.944 bits per heavy atom. The maximum absolute atomic E-state index is 16.3. The predicted octanol–water partition coefficient (Wildman–Crippen LogP) is 13.3. The number of rotatable bonds is 18. The normalized spacial score (nSPS) is 17.6. The lowest BCUT2D eigenvalue weighted by Gasteiger charge is -2.38. The van der Waals surface area contributed by atoms with Crippen LogP contribution in [-0.4, -0.2) is 68.7 Å². The molecule has 0 bridgehead atoms. The van der Waals surface area contributed by atoms with Crippen LogP contribution in [0, 0.1) is 6.92 Å². The summed E-state index contributed by atoms with van der Waals surface area (Å²) in [6.07, 6.45) is 5.98. The van der Waals surface area contributed by atoms with Crippen molar-refractivity contribution in [3.05, 3.63) is 118 Å². The second-order valence-electron chi connectivity index (χ2n) is 21.6. The van der Waals surface area contributed by atoms with E-state index in [2.05, 4.69) is 17.6 Å². The number of anilines is 4. The van der Waals surface area contributed by atoms with Gasteiger partial charge in [0.05, 0.1) is 0 Å². The van der Waals surface area contributed by atoms with Crippen molar-refractivity contribution in [2.24, 2.45) is 0 Å². The lowest BCUT2D eigenvalue weighted by molar-refractivity contribution is -0.145. The number of benzene rings is 4. The Morgan fingerprint density at radius 3 is 1.36 bits per heavy atom. The summed E-state index contributed by atoms with van der Waals surface area (Å²) in [5, 5.41) is 6.38. The predicted molar refractivity (Wildman–Crippen MR) is 289 cm³/mol. The standard InChI is InChI=1S/C60H78N6O6/c1-13-16-22-42-29-33-44(34-30-42)66-58(72)64(56(70)60(66)35-18-17-19-36-60)52(54(68)62-50-47(39(8)9)25-21-26-48(50)40(10)11)51(53(67)61-49-45(37(4)5)23-20-24-46(49)38(6)7)63-55(69)59(14-2,15-3)65(57(63)71)43-31-27-41(12)28-32-43/h20-21,23-34,37-40,51-52H,13-19,22,35-36H2,1-12H3,(H,61,67)(H,62,68). The molecule has 2 unspecified atom stereocenters. The highest BCUT2D eigenvalue weighted by Gasteiger charge is 2.66. The fourth-order valence-electron chi connectivity index (χ4n) is 11.5. The molecule has 1 aliphatic carbocycles. The third-order valence-corrected chi connectivity index (χ3v) is 15.7. The summed E-state index contributed by atoms with van der Waals surface area (Å²) in [6, 6.07) is 20.8. The molecule has 2 N–H and O–H groups in total. The first-order valence-corrected chi connectivity index (χ1v) is 26.7. The van der Waals surface area contributed by atoms with Crippen LogP contribution in [0.25, 0.3) is 0 Å². The molecule has 4 aromatic rings. The summed E-state index contributed by atoms with van der Waals surface area (Å²) in [7, 11) is 0. The molecule has 2 heterocycles. The highest BCUT2D eigenvalue weighted by atomic mass is 16.2. The van der Waals surface area contributed by atoms with Crippen LogP contribution in [0.1, 0.15) is 191 Å². The first kappa shape index (κ1) is 53.5. The number of hydrogen-bond donors (Lipinski definition) is 2. The van der Waals surface area contributed by atoms with Gasteiger partial charge >= 0.3 is 12.1 Å². The number of hydrogen-bond acceptors (Lipinski definition) is 6. The Morgan fingerprint density at radius 1 is 0.542 bits per heavy atom. The average Bonchev–Trinajstić information content (AvgIpc) is 3.69. The lowest BCUT2D eigenvalue weighted by atomic mass is 9.80. The van der Waals surface area contributed by atoms with E-state index in [1.807, 2.05) is 149 Å². The molecule has 2 saturated heterocycles. The Balaban J connectivity index is 1.53. The Labute approximate surface area is 428 Å². The van der Waals surface area contributed by atoms with E-state index in [0.29, 0.717) is 48.4 Å². The van der Waals surface area contributed by atoms with E-state index >= 15 is 28.8 Å². The van der Waals surface area contributed by atoms with Gasteiger partial charge in [-0.3, -0.25) is 29.0 Å². The van der Waals surface area contributed by atoms with Gasteiger partial charge < -0.3 is 10.6 Å². The Kier molecular flexibility index (Phi) is 16.2. The SMILES string of the molecule is CCCCc1ccc(N2C(=O)N(C(C(=O)Nc3c(C(C)C)cccc3C(C)C)C(C(=O)Nc3c(C(C)C)cccc3C(C)C)N3C(=O)N(c4ccc(C)cc4)C(CC)(CC)C3=O)C(=O)C23CCCCC3)cc1. The van der Waals surface area contributed by atoms with Gasteiger partial charge in [-0.1, -0.05) is 168 Å². The number of imide groups is 2.